The molecule has 1 aromatic carbocycles. The summed E-state index contributed by atoms with van der Waals surface area (Å²) in [6, 6.07) is 4.39. The molecule has 21 heavy (non-hydrogen) atoms. The molecular weight excluding hydrogens is 299 g/mol. The van der Waals surface area contributed by atoms with E-state index in [9.17, 15) is 18.8 Å². The molecule has 0 unspecified atom stereocenters. The van der Waals surface area contributed by atoms with Crippen LogP contribution in [0.15, 0.2) is 24.3 Å². The van der Waals surface area contributed by atoms with Gasteiger partial charge in [0.2, 0.25) is 11.8 Å². The van der Waals surface area contributed by atoms with Crippen LogP contribution in [0.5, 0.6) is 0 Å². The molecular formula is C13H13FN2O4S. The summed E-state index contributed by atoms with van der Waals surface area (Å²) in [5.74, 6) is -2.89. The summed E-state index contributed by atoms with van der Waals surface area (Å²) in [6.07, 6.45) is -0.0931. The molecule has 0 aromatic heterocycles. The van der Waals surface area contributed by atoms with Gasteiger partial charge in [-0.25, -0.2) is 9.29 Å². The van der Waals surface area contributed by atoms with E-state index in [2.05, 4.69) is 0 Å². The number of anilines is 1. The fourth-order valence-corrected chi connectivity index (χ4v) is 3.00. The predicted molar refractivity (Wildman–Crippen MR) is 75.4 cm³/mol. The first-order chi connectivity index (χ1) is 9.91. The number of amides is 2. The van der Waals surface area contributed by atoms with Crippen molar-refractivity contribution in [3.63, 3.8) is 0 Å². The van der Waals surface area contributed by atoms with Crippen molar-refractivity contribution >= 4 is 35.2 Å². The van der Waals surface area contributed by atoms with E-state index in [1.165, 1.54) is 18.2 Å². The normalized spacial score (nSPS) is 19.9. The Morgan fingerprint density at radius 3 is 2.76 bits per heavy atom. The molecule has 8 heteroatoms. The number of nitrogens with zero attached hydrogens (tertiary/aromatic N) is 1. The number of imide groups is 1. The number of aliphatic carboxylic acids is 1. The van der Waals surface area contributed by atoms with Crippen LogP contribution in [0.2, 0.25) is 0 Å². The van der Waals surface area contributed by atoms with Crippen LogP contribution < -0.4 is 10.6 Å². The van der Waals surface area contributed by atoms with Gasteiger partial charge in [-0.1, -0.05) is 12.1 Å². The average Bonchev–Trinajstić information content (AvgIpc) is 2.71. The highest BCUT2D eigenvalue weighted by atomic mass is 32.2. The van der Waals surface area contributed by atoms with Crippen LogP contribution in [-0.4, -0.2) is 39.9 Å². The zero-order valence-corrected chi connectivity index (χ0v) is 11.7. The molecule has 1 saturated heterocycles. The first kappa shape index (κ1) is 15.5. The Morgan fingerprint density at radius 1 is 1.48 bits per heavy atom. The zero-order valence-electron chi connectivity index (χ0n) is 10.9. The fraction of sp³-hybridized carbons (Fsp3) is 0.308. The Balaban J connectivity index is 2.10. The fourth-order valence-electron chi connectivity index (χ4n) is 1.91. The van der Waals surface area contributed by atoms with Gasteiger partial charge >= 0.3 is 5.97 Å². The summed E-state index contributed by atoms with van der Waals surface area (Å²) < 4.78 is 13.7. The maximum absolute atomic E-state index is 13.7. The molecule has 2 amide bonds. The molecule has 3 N–H and O–H groups in total. The topological polar surface area (TPSA) is 101 Å². The first-order valence-electron chi connectivity index (χ1n) is 6.13. The summed E-state index contributed by atoms with van der Waals surface area (Å²) in [7, 11) is 0. The van der Waals surface area contributed by atoms with Gasteiger partial charge in [0, 0.05) is 12.2 Å². The maximum atomic E-state index is 13.7. The summed E-state index contributed by atoms with van der Waals surface area (Å²) in [6.45, 7) is 0. The number of carbonyl (C=O) groups is 3. The molecule has 0 aliphatic carbocycles. The molecule has 1 aliphatic heterocycles. The average molecular weight is 312 g/mol. The second kappa shape index (κ2) is 6.23. The smallest absolute Gasteiger partial charge is 0.321 e. The summed E-state index contributed by atoms with van der Waals surface area (Å²) in [5, 5.41) is 7.96. The summed E-state index contributed by atoms with van der Waals surface area (Å²) in [5.41, 5.74) is 5.27. The maximum Gasteiger partial charge on any atom is 0.321 e. The van der Waals surface area contributed by atoms with Gasteiger partial charge in [-0.15, -0.1) is 11.8 Å². The second-order valence-corrected chi connectivity index (χ2v) is 5.73. The number of hydrogen-bond donors (Lipinski definition) is 2. The molecule has 1 fully saturated rings. The third-order valence-corrected chi connectivity index (χ3v) is 4.31. The quantitative estimate of drug-likeness (QED) is 0.772. The molecule has 0 spiro atoms. The predicted octanol–water partition coefficient (Wildman–Crippen LogP) is 0.603. The molecule has 1 heterocycles. The van der Waals surface area contributed by atoms with Crippen molar-refractivity contribution in [2.24, 2.45) is 5.73 Å². The second-order valence-electron chi connectivity index (χ2n) is 4.49. The zero-order chi connectivity index (χ0) is 15.6. The summed E-state index contributed by atoms with van der Waals surface area (Å²) >= 11 is 0.996. The minimum atomic E-state index is -1.18. The van der Waals surface area contributed by atoms with Crippen LogP contribution in [0.1, 0.15) is 6.42 Å². The van der Waals surface area contributed by atoms with Crippen molar-refractivity contribution in [2.45, 2.75) is 17.7 Å². The van der Waals surface area contributed by atoms with Crippen LogP contribution in [-0.2, 0) is 14.4 Å². The lowest BCUT2D eigenvalue weighted by atomic mass is 10.3. The Morgan fingerprint density at radius 2 is 2.14 bits per heavy atom. The minimum absolute atomic E-state index is 0.00410. The van der Waals surface area contributed by atoms with Crippen molar-refractivity contribution < 1.29 is 23.9 Å². The molecule has 0 radical (unpaired) electrons. The number of hydrogen-bond acceptors (Lipinski definition) is 5. The highest BCUT2D eigenvalue weighted by molar-refractivity contribution is 8.00. The van der Waals surface area contributed by atoms with Crippen molar-refractivity contribution in [1.29, 1.82) is 0 Å². The highest BCUT2D eigenvalue weighted by Gasteiger charge is 2.41. The Labute approximate surface area is 124 Å². The molecule has 6 nitrogen and oxygen atoms in total. The van der Waals surface area contributed by atoms with Crippen molar-refractivity contribution in [3.8, 4) is 0 Å². The van der Waals surface area contributed by atoms with Gasteiger partial charge < -0.3 is 10.8 Å². The molecule has 0 saturated carbocycles. The number of halogens is 1. The number of benzene rings is 1. The lowest BCUT2D eigenvalue weighted by molar-refractivity contribution is -0.138. The van der Waals surface area contributed by atoms with E-state index in [1.54, 1.807) is 0 Å². The van der Waals surface area contributed by atoms with Crippen molar-refractivity contribution in [2.75, 3.05) is 10.7 Å². The number of carboxylic acids is 1. The largest absolute Gasteiger partial charge is 0.480 e. The van der Waals surface area contributed by atoms with Crippen molar-refractivity contribution in [3.05, 3.63) is 30.1 Å². The number of nitrogens with two attached hydrogens (primary N) is 1. The molecule has 2 rings (SSSR count). The Bertz CT molecular complexity index is 595. The van der Waals surface area contributed by atoms with E-state index in [1.807, 2.05) is 0 Å². The number of rotatable bonds is 5. The van der Waals surface area contributed by atoms with Gasteiger partial charge in [0.05, 0.1) is 10.9 Å². The van der Waals surface area contributed by atoms with Gasteiger partial charge in [-0.3, -0.25) is 14.4 Å². The standard InChI is InChI=1S/C13H13FN2O4S/c14-7-3-1-2-4-9(7)16-11(17)5-10(12(16)18)21-6-8(15)13(19)20/h1-4,8,10H,5-6,15H2,(H,19,20)/t8-,10+/m1/s1. The van der Waals surface area contributed by atoms with Crippen LogP contribution >= 0.6 is 11.8 Å². The van der Waals surface area contributed by atoms with Gasteiger partial charge in [-0.05, 0) is 12.1 Å². The van der Waals surface area contributed by atoms with E-state index in [0.29, 0.717) is 0 Å². The highest BCUT2D eigenvalue weighted by Crippen LogP contribution is 2.31. The molecule has 112 valence electrons. The number of thioether (sulfide) groups is 1. The lowest BCUT2D eigenvalue weighted by Gasteiger charge is -2.15. The van der Waals surface area contributed by atoms with Crippen LogP contribution in [0.25, 0.3) is 0 Å². The van der Waals surface area contributed by atoms with E-state index >= 15 is 0 Å². The number of carbonyl (C=O) groups excluding carboxylic acids is 2. The first-order valence-corrected chi connectivity index (χ1v) is 7.18. The lowest BCUT2D eigenvalue weighted by Crippen LogP contribution is -2.35. The number of para-hydroxylation sites is 1. The van der Waals surface area contributed by atoms with E-state index in [-0.39, 0.29) is 17.9 Å². The minimum Gasteiger partial charge on any atom is -0.480 e. The third kappa shape index (κ3) is 3.22. The monoisotopic (exact) mass is 312 g/mol. The SMILES string of the molecule is N[C@H](CS[C@H]1CC(=O)N(c2ccccc2F)C1=O)C(=O)O. The van der Waals surface area contributed by atoms with Gasteiger partial charge in [0.1, 0.15) is 11.9 Å². The molecule has 2 atom stereocenters. The summed E-state index contributed by atoms with van der Waals surface area (Å²) in [4.78, 5) is 35.5. The van der Waals surface area contributed by atoms with Gasteiger partial charge in [0.15, 0.2) is 0 Å². The molecule has 1 aliphatic rings. The van der Waals surface area contributed by atoms with E-state index in [4.69, 9.17) is 10.8 Å². The van der Waals surface area contributed by atoms with Gasteiger partial charge in [-0.2, -0.15) is 0 Å². The van der Waals surface area contributed by atoms with Crippen LogP contribution in [0, 0.1) is 5.82 Å². The van der Waals surface area contributed by atoms with E-state index < -0.39 is 34.9 Å². The van der Waals surface area contributed by atoms with Crippen LogP contribution in [0.4, 0.5) is 10.1 Å². The van der Waals surface area contributed by atoms with Gasteiger partial charge in [0.25, 0.3) is 0 Å². The van der Waals surface area contributed by atoms with E-state index in [0.717, 1.165) is 22.7 Å². The van der Waals surface area contributed by atoms with Crippen molar-refractivity contribution in [1.82, 2.24) is 0 Å². The van der Waals surface area contributed by atoms with Crippen LogP contribution in [0.3, 0.4) is 0 Å². The molecule has 0 bridgehead atoms. The Hall–Kier alpha value is -1.93. The Kier molecular flexibility index (Phi) is 4.59. The number of carboxylic acid groups (broad SMARTS) is 1. The third-order valence-electron chi connectivity index (χ3n) is 2.99. The molecule has 1 aromatic rings.